The minimum absolute atomic E-state index is 0.0366. The highest BCUT2D eigenvalue weighted by atomic mass is 16.6. The molecule has 7 heteroatoms. The van der Waals surface area contributed by atoms with Crippen molar-refractivity contribution in [3.63, 3.8) is 0 Å². The first kappa shape index (κ1) is 23.7. The highest BCUT2D eigenvalue weighted by Crippen LogP contribution is 2.64. The van der Waals surface area contributed by atoms with E-state index in [1.165, 1.54) is 12.8 Å². The third-order valence-corrected chi connectivity index (χ3v) is 9.68. The zero-order chi connectivity index (χ0) is 23.9. The zero-order valence-corrected chi connectivity index (χ0v) is 21.4. The van der Waals surface area contributed by atoms with Crippen LogP contribution in [-0.4, -0.2) is 58.6 Å². The monoisotopic (exact) mass is 467 g/mol. The summed E-state index contributed by atoms with van der Waals surface area (Å²) in [6, 6.07) is 0. The second-order valence-corrected chi connectivity index (χ2v) is 11.9. The van der Waals surface area contributed by atoms with E-state index in [9.17, 15) is 4.79 Å². The Labute approximate surface area is 204 Å². The minimum Gasteiger partial charge on any atom is -0.394 e. The summed E-state index contributed by atoms with van der Waals surface area (Å²) < 4.78 is 1.84. The molecular weight excluding hydrogens is 426 g/mol. The summed E-state index contributed by atoms with van der Waals surface area (Å²) in [7, 11) is 4.13. The lowest BCUT2D eigenvalue weighted by Crippen LogP contribution is -2.50. The van der Waals surface area contributed by atoms with Gasteiger partial charge in [0.15, 0.2) is 0 Å². The van der Waals surface area contributed by atoms with Crippen molar-refractivity contribution >= 4 is 11.5 Å². The van der Waals surface area contributed by atoms with Gasteiger partial charge in [0.25, 0.3) is 0 Å². The molecule has 0 radical (unpaired) electrons. The van der Waals surface area contributed by atoms with E-state index in [2.05, 4.69) is 54.4 Å². The van der Waals surface area contributed by atoms with Crippen molar-refractivity contribution in [1.29, 1.82) is 0 Å². The van der Waals surface area contributed by atoms with Crippen LogP contribution in [0.5, 0.6) is 0 Å². The van der Waals surface area contributed by atoms with Crippen LogP contribution in [0.15, 0.2) is 23.0 Å². The number of carbonyl (C=O) groups excluding carboxylic acids is 1. The second-order valence-electron chi connectivity index (χ2n) is 11.9. The summed E-state index contributed by atoms with van der Waals surface area (Å²) in [6.07, 6.45) is 14.0. The van der Waals surface area contributed by atoms with E-state index in [4.69, 9.17) is 4.84 Å². The molecule has 4 aliphatic carbocycles. The summed E-state index contributed by atoms with van der Waals surface area (Å²) in [5.41, 5.74) is 3.88. The second kappa shape index (κ2) is 9.21. The molecule has 0 saturated heterocycles. The van der Waals surface area contributed by atoms with Crippen LogP contribution < -0.4 is 0 Å². The van der Waals surface area contributed by atoms with E-state index in [0.29, 0.717) is 36.7 Å². The van der Waals surface area contributed by atoms with Crippen LogP contribution in [0.3, 0.4) is 0 Å². The van der Waals surface area contributed by atoms with Crippen LogP contribution in [0, 0.1) is 28.6 Å². The summed E-state index contributed by atoms with van der Waals surface area (Å²) in [4.78, 5) is 20.5. The van der Waals surface area contributed by atoms with Gasteiger partial charge in [0.05, 0.1) is 18.0 Å². The number of Topliss-reactive ketones (excluding diaryl/α,β-unsaturated/α-hetero) is 1. The van der Waals surface area contributed by atoms with Crippen LogP contribution >= 0.6 is 0 Å². The van der Waals surface area contributed by atoms with Gasteiger partial charge in [-0.3, -0.25) is 4.79 Å². The highest BCUT2D eigenvalue weighted by Gasteiger charge is 2.58. The maximum Gasteiger partial charge on any atom is 0.139 e. The van der Waals surface area contributed by atoms with Crippen LogP contribution in [0.1, 0.15) is 70.9 Å². The number of hydrogen-bond acceptors (Lipinski definition) is 6. The Bertz CT molecular complexity index is 981. The van der Waals surface area contributed by atoms with E-state index in [1.807, 2.05) is 10.9 Å². The topological polar surface area (TPSA) is 72.6 Å². The minimum atomic E-state index is -0.0366. The number of carbonyl (C=O) groups is 1. The number of fused-ring (bicyclic) bond motifs is 5. The summed E-state index contributed by atoms with van der Waals surface area (Å²) in [5, 5.41) is 12.9. The number of ketones is 1. The van der Waals surface area contributed by atoms with Crippen molar-refractivity contribution in [2.45, 2.75) is 78.2 Å². The predicted octanol–water partition coefficient (Wildman–Crippen LogP) is 4.29. The Morgan fingerprint density at radius 2 is 1.94 bits per heavy atom. The molecule has 1 aromatic rings. The molecule has 1 aromatic heterocycles. The number of aromatic nitrogens is 3. The molecular formula is C27H41N5O2. The van der Waals surface area contributed by atoms with E-state index < -0.39 is 0 Å². The number of nitrogens with zero attached hydrogens (tertiary/aromatic N) is 5. The molecule has 3 saturated carbocycles. The van der Waals surface area contributed by atoms with E-state index in [-0.39, 0.29) is 10.8 Å². The summed E-state index contributed by atoms with van der Waals surface area (Å²) in [6.45, 7) is 6.88. The van der Waals surface area contributed by atoms with Crippen molar-refractivity contribution in [1.82, 2.24) is 19.9 Å². The van der Waals surface area contributed by atoms with Crippen molar-refractivity contribution in [3.05, 3.63) is 23.5 Å². The summed E-state index contributed by atoms with van der Waals surface area (Å²) >= 11 is 0. The molecule has 34 heavy (non-hydrogen) atoms. The smallest absolute Gasteiger partial charge is 0.139 e. The molecule has 7 nitrogen and oxygen atoms in total. The zero-order valence-electron chi connectivity index (χ0n) is 21.4. The number of hydrogen-bond donors (Lipinski definition) is 0. The molecule has 4 aliphatic rings. The standard InChI is InChI=1S/C27H41N5O2/c1-26-12-9-20(29-34-16-15-32-18-21(28-30-32)11-14-31(3)4)17-19(26)5-6-22-23-7-8-25(33)27(23,2)13-10-24(22)26/h17-18,22-24H,5-16H2,1-4H3/t22?,23?,24?,26-,27-/m0/s1. The molecule has 0 bridgehead atoms. The largest absolute Gasteiger partial charge is 0.394 e. The van der Waals surface area contributed by atoms with Gasteiger partial charge in [-0.25, -0.2) is 4.68 Å². The van der Waals surface area contributed by atoms with E-state index >= 15 is 0 Å². The van der Waals surface area contributed by atoms with Crippen LogP contribution in [0.4, 0.5) is 0 Å². The van der Waals surface area contributed by atoms with Crippen molar-refractivity contribution in [2.24, 2.45) is 33.7 Å². The molecule has 0 N–H and O–H groups in total. The Morgan fingerprint density at radius 3 is 2.76 bits per heavy atom. The van der Waals surface area contributed by atoms with Gasteiger partial charge < -0.3 is 9.74 Å². The molecule has 1 heterocycles. The number of rotatable bonds is 7. The fraction of sp³-hybridized carbons (Fsp3) is 0.778. The number of likely N-dealkylation sites (N-methyl/N-ethyl adjacent to an activating group) is 1. The lowest BCUT2D eigenvalue weighted by molar-refractivity contribution is -0.132. The molecule has 3 fully saturated rings. The van der Waals surface area contributed by atoms with Crippen LogP contribution in [-0.2, 0) is 22.6 Å². The maximum atomic E-state index is 12.6. The Morgan fingerprint density at radius 1 is 1.12 bits per heavy atom. The highest BCUT2D eigenvalue weighted by molar-refractivity contribution is 5.96. The maximum absolute atomic E-state index is 12.6. The van der Waals surface area contributed by atoms with Gasteiger partial charge in [0.1, 0.15) is 12.4 Å². The van der Waals surface area contributed by atoms with Crippen molar-refractivity contribution in [3.8, 4) is 0 Å². The molecule has 186 valence electrons. The molecule has 0 aliphatic heterocycles. The van der Waals surface area contributed by atoms with Gasteiger partial charge in [0.2, 0.25) is 0 Å². The average Bonchev–Trinajstić information content (AvgIpc) is 3.39. The molecule has 0 spiro atoms. The Hall–Kier alpha value is -2.02. The third-order valence-electron chi connectivity index (χ3n) is 9.68. The van der Waals surface area contributed by atoms with Gasteiger partial charge in [-0.05, 0) is 88.3 Å². The molecule has 0 amide bonds. The number of allylic oxidation sites excluding steroid dienone is 2. The van der Waals surface area contributed by atoms with Gasteiger partial charge in [0, 0.05) is 31.0 Å². The SMILES string of the molecule is CN(C)CCc1cn(CCON=C2C=C3CCC4C(CC[C@]5(C)C(=O)CCC45)[C@@]3(C)CC2)nn1. The number of oxime groups is 1. The summed E-state index contributed by atoms with van der Waals surface area (Å²) in [5.74, 6) is 2.57. The normalized spacial score (nSPS) is 36.3. The third kappa shape index (κ3) is 4.25. The molecule has 5 atom stereocenters. The average molecular weight is 468 g/mol. The van der Waals surface area contributed by atoms with Crippen LogP contribution in [0.25, 0.3) is 0 Å². The predicted molar refractivity (Wildman–Crippen MR) is 132 cm³/mol. The fourth-order valence-electron chi connectivity index (χ4n) is 7.58. The van der Waals surface area contributed by atoms with Gasteiger partial charge >= 0.3 is 0 Å². The van der Waals surface area contributed by atoms with Gasteiger partial charge in [-0.1, -0.05) is 29.8 Å². The quantitative estimate of drug-likeness (QED) is 0.442. The van der Waals surface area contributed by atoms with Crippen LogP contribution in [0.2, 0.25) is 0 Å². The van der Waals surface area contributed by atoms with E-state index in [1.54, 1.807) is 5.57 Å². The first-order chi connectivity index (χ1) is 16.3. The first-order valence-corrected chi connectivity index (χ1v) is 13.3. The van der Waals surface area contributed by atoms with Gasteiger partial charge in [-0.15, -0.1) is 5.10 Å². The van der Waals surface area contributed by atoms with E-state index in [0.717, 1.165) is 62.9 Å². The lowest BCUT2D eigenvalue weighted by Gasteiger charge is -2.57. The molecule has 5 rings (SSSR count). The first-order valence-electron chi connectivity index (χ1n) is 13.3. The Balaban J connectivity index is 1.18. The lowest BCUT2D eigenvalue weighted by atomic mass is 9.47. The fourth-order valence-corrected chi connectivity index (χ4v) is 7.58. The van der Waals surface area contributed by atoms with Gasteiger partial charge in [-0.2, -0.15) is 0 Å². The molecule has 0 aromatic carbocycles. The Kier molecular flexibility index (Phi) is 6.42. The van der Waals surface area contributed by atoms with Crippen molar-refractivity contribution < 1.29 is 9.63 Å². The molecule has 3 unspecified atom stereocenters. The van der Waals surface area contributed by atoms with Crippen molar-refractivity contribution in [2.75, 3.05) is 27.2 Å².